The van der Waals surface area contributed by atoms with E-state index in [4.69, 9.17) is 4.74 Å². The van der Waals surface area contributed by atoms with Crippen LogP contribution in [0, 0.1) is 0 Å². The standard InChI is InChI=1S/C19H17F3N6O2/c20-19(21,22)18-24-8-15(9-25-18)28-11-13(7-26-28)17(29)27-14-3-1-12(2-4-14)16-10-23-5-6-30-16/h1-4,7-9,11,16,23H,5-6,10H2,(H,27,29)/t16-/m1/s1. The molecule has 0 saturated carbocycles. The number of hydrogen-bond acceptors (Lipinski definition) is 6. The van der Waals surface area contributed by atoms with Gasteiger partial charge in [-0.3, -0.25) is 4.79 Å². The number of nitrogens with one attached hydrogen (secondary N) is 2. The molecular weight excluding hydrogens is 401 g/mol. The number of halogens is 3. The van der Waals surface area contributed by atoms with E-state index in [1.54, 1.807) is 12.1 Å². The van der Waals surface area contributed by atoms with Crippen molar-refractivity contribution in [1.29, 1.82) is 0 Å². The van der Waals surface area contributed by atoms with Crippen molar-refractivity contribution in [2.24, 2.45) is 0 Å². The van der Waals surface area contributed by atoms with Crippen LogP contribution in [0.25, 0.3) is 5.69 Å². The van der Waals surface area contributed by atoms with Crippen LogP contribution in [0.4, 0.5) is 18.9 Å². The molecule has 0 spiro atoms. The fourth-order valence-electron chi connectivity index (χ4n) is 2.93. The molecule has 2 N–H and O–H groups in total. The van der Waals surface area contributed by atoms with E-state index in [0.717, 1.165) is 31.0 Å². The average molecular weight is 418 g/mol. The first-order chi connectivity index (χ1) is 14.4. The van der Waals surface area contributed by atoms with Crippen LogP contribution in [-0.2, 0) is 10.9 Å². The average Bonchev–Trinajstić information content (AvgIpc) is 3.25. The summed E-state index contributed by atoms with van der Waals surface area (Å²) in [6, 6.07) is 7.32. The number of rotatable bonds is 4. The van der Waals surface area contributed by atoms with Crippen LogP contribution in [0.5, 0.6) is 0 Å². The van der Waals surface area contributed by atoms with E-state index < -0.39 is 17.9 Å². The molecule has 1 saturated heterocycles. The van der Waals surface area contributed by atoms with Gasteiger partial charge in [0.1, 0.15) is 5.69 Å². The van der Waals surface area contributed by atoms with Gasteiger partial charge in [0, 0.05) is 25.0 Å². The lowest BCUT2D eigenvalue weighted by atomic mass is 10.1. The molecule has 0 bridgehead atoms. The third kappa shape index (κ3) is 4.47. The Morgan fingerprint density at radius 2 is 1.90 bits per heavy atom. The molecule has 156 valence electrons. The maximum atomic E-state index is 12.6. The molecule has 0 radical (unpaired) electrons. The number of aromatic nitrogens is 4. The lowest BCUT2D eigenvalue weighted by molar-refractivity contribution is -0.145. The van der Waals surface area contributed by atoms with E-state index in [0.29, 0.717) is 12.3 Å². The molecule has 4 rings (SSSR count). The van der Waals surface area contributed by atoms with Crippen molar-refractivity contribution < 1.29 is 22.7 Å². The summed E-state index contributed by atoms with van der Waals surface area (Å²) in [6.07, 6.45) is 0.0347. The number of ether oxygens (including phenoxy) is 1. The quantitative estimate of drug-likeness (QED) is 0.677. The molecule has 2 aromatic heterocycles. The number of benzene rings is 1. The van der Waals surface area contributed by atoms with Crippen molar-refractivity contribution in [3.63, 3.8) is 0 Å². The first kappa shape index (κ1) is 20.0. The predicted octanol–water partition coefficient (Wildman–Crippen LogP) is 2.59. The van der Waals surface area contributed by atoms with Gasteiger partial charge in [-0.2, -0.15) is 18.3 Å². The minimum Gasteiger partial charge on any atom is -0.371 e. The zero-order valence-electron chi connectivity index (χ0n) is 15.6. The van der Waals surface area contributed by atoms with Crippen molar-refractivity contribution in [3.05, 3.63) is 66.0 Å². The van der Waals surface area contributed by atoms with Crippen molar-refractivity contribution in [3.8, 4) is 5.69 Å². The van der Waals surface area contributed by atoms with Crippen LogP contribution in [0.15, 0.2) is 49.1 Å². The first-order valence-corrected chi connectivity index (χ1v) is 9.08. The van der Waals surface area contributed by atoms with Crippen molar-refractivity contribution >= 4 is 11.6 Å². The van der Waals surface area contributed by atoms with Gasteiger partial charge in [-0.25, -0.2) is 14.6 Å². The zero-order valence-corrected chi connectivity index (χ0v) is 15.6. The molecule has 1 aliphatic heterocycles. The Balaban J connectivity index is 1.41. The summed E-state index contributed by atoms with van der Waals surface area (Å²) in [5, 5.41) is 10.0. The SMILES string of the molecule is O=C(Nc1ccc([C@H]2CNCCO2)cc1)c1cnn(-c2cnc(C(F)(F)F)nc2)c1. The fourth-order valence-corrected chi connectivity index (χ4v) is 2.93. The molecule has 0 aliphatic carbocycles. The Kier molecular flexibility index (Phi) is 5.46. The van der Waals surface area contributed by atoms with E-state index in [2.05, 4.69) is 25.7 Å². The molecule has 8 nitrogen and oxygen atoms in total. The Morgan fingerprint density at radius 3 is 2.53 bits per heavy atom. The van der Waals surface area contributed by atoms with Crippen LogP contribution in [0.2, 0.25) is 0 Å². The Hall–Kier alpha value is -3.31. The van der Waals surface area contributed by atoms with Gasteiger partial charge in [-0.05, 0) is 17.7 Å². The van der Waals surface area contributed by atoms with Gasteiger partial charge < -0.3 is 15.4 Å². The van der Waals surface area contributed by atoms with Gasteiger partial charge in [-0.15, -0.1) is 0 Å². The summed E-state index contributed by atoms with van der Waals surface area (Å²) in [5.41, 5.74) is 2.04. The van der Waals surface area contributed by atoms with E-state index in [1.165, 1.54) is 17.1 Å². The van der Waals surface area contributed by atoms with Crippen LogP contribution >= 0.6 is 0 Å². The summed E-state index contributed by atoms with van der Waals surface area (Å²) in [7, 11) is 0. The number of anilines is 1. The maximum absolute atomic E-state index is 12.6. The molecule has 3 aromatic rings. The second kappa shape index (κ2) is 8.20. The number of amides is 1. The summed E-state index contributed by atoms with van der Waals surface area (Å²) >= 11 is 0. The Labute approximate surface area is 169 Å². The minimum absolute atomic E-state index is 0.0207. The lowest BCUT2D eigenvalue weighted by Gasteiger charge is -2.24. The summed E-state index contributed by atoms with van der Waals surface area (Å²) in [5.74, 6) is -1.65. The summed E-state index contributed by atoms with van der Waals surface area (Å²) < 4.78 is 44.6. The normalized spacial score (nSPS) is 17.0. The molecule has 1 aromatic carbocycles. The maximum Gasteiger partial charge on any atom is 0.451 e. The molecule has 3 heterocycles. The summed E-state index contributed by atoms with van der Waals surface area (Å²) in [6.45, 7) is 2.21. The van der Waals surface area contributed by atoms with Gasteiger partial charge in [0.2, 0.25) is 5.82 Å². The van der Waals surface area contributed by atoms with Crippen molar-refractivity contribution in [2.45, 2.75) is 12.3 Å². The molecule has 1 fully saturated rings. The van der Waals surface area contributed by atoms with Crippen LogP contribution in [0.1, 0.15) is 27.8 Å². The van der Waals surface area contributed by atoms with Crippen molar-refractivity contribution in [2.75, 3.05) is 25.0 Å². The number of nitrogens with zero attached hydrogens (tertiary/aromatic N) is 4. The molecule has 11 heteroatoms. The van der Waals surface area contributed by atoms with Crippen molar-refractivity contribution in [1.82, 2.24) is 25.1 Å². The molecule has 30 heavy (non-hydrogen) atoms. The topological polar surface area (TPSA) is 94.0 Å². The zero-order chi connectivity index (χ0) is 21.1. The Bertz CT molecular complexity index is 1010. The molecule has 1 aliphatic rings. The predicted molar refractivity (Wildman–Crippen MR) is 100 cm³/mol. The fraction of sp³-hybridized carbons (Fsp3) is 0.263. The van der Waals surface area contributed by atoms with Gasteiger partial charge in [0.15, 0.2) is 0 Å². The minimum atomic E-state index is -4.62. The molecule has 1 atom stereocenters. The van der Waals surface area contributed by atoms with Crippen LogP contribution in [-0.4, -0.2) is 45.4 Å². The number of carbonyl (C=O) groups excluding carboxylic acids is 1. The van der Waals surface area contributed by atoms with E-state index >= 15 is 0 Å². The van der Waals surface area contributed by atoms with Gasteiger partial charge >= 0.3 is 6.18 Å². The third-order valence-electron chi connectivity index (χ3n) is 4.47. The monoisotopic (exact) mass is 418 g/mol. The third-order valence-corrected chi connectivity index (χ3v) is 4.47. The molecular formula is C19H17F3N6O2. The highest BCUT2D eigenvalue weighted by molar-refractivity contribution is 6.03. The second-order valence-corrected chi connectivity index (χ2v) is 6.58. The number of morpholine rings is 1. The number of hydrogen-bond donors (Lipinski definition) is 2. The largest absolute Gasteiger partial charge is 0.451 e. The first-order valence-electron chi connectivity index (χ1n) is 9.08. The lowest BCUT2D eigenvalue weighted by Crippen LogP contribution is -2.33. The van der Waals surface area contributed by atoms with E-state index in [9.17, 15) is 18.0 Å². The highest BCUT2D eigenvalue weighted by Crippen LogP contribution is 2.25. The van der Waals surface area contributed by atoms with Gasteiger partial charge in [0.05, 0.1) is 36.9 Å². The van der Waals surface area contributed by atoms with Gasteiger partial charge in [0.25, 0.3) is 5.91 Å². The van der Waals surface area contributed by atoms with E-state index in [1.807, 2.05) is 12.1 Å². The van der Waals surface area contributed by atoms with E-state index in [-0.39, 0.29) is 17.4 Å². The molecule has 1 amide bonds. The van der Waals surface area contributed by atoms with Gasteiger partial charge in [-0.1, -0.05) is 12.1 Å². The summed E-state index contributed by atoms with van der Waals surface area (Å²) in [4.78, 5) is 19.0. The number of carbonyl (C=O) groups is 1. The van der Waals surface area contributed by atoms with Crippen LogP contribution < -0.4 is 10.6 Å². The smallest absolute Gasteiger partial charge is 0.371 e. The highest BCUT2D eigenvalue weighted by Gasteiger charge is 2.34. The van der Waals surface area contributed by atoms with Crippen LogP contribution in [0.3, 0.4) is 0 Å². The highest BCUT2D eigenvalue weighted by atomic mass is 19.4. The number of alkyl halides is 3. The molecule has 0 unspecified atom stereocenters. The second-order valence-electron chi connectivity index (χ2n) is 6.58. The Morgan fingerprint density at radius 1 is 1.17 bits per heavy atom.